The second-order valence-electron chi connectivity index (χ2n) is 4.53. The molecule has 0 fully saturated rings. The number of nitrogens with zero attached hydrogens (tertiary/aromatic N) is 2. The van der Waals surface area contributed by atoms with E-state index in [9.17, 15) is 0 Å². The lowest BCUT2D eigenvalue weighted by molar-refractivity contribution is 0.653. The predicted molar refractivity (Wildman–Crippen MR) is 77.3 cm³/mol. The Bertz CT molecular complexity index is 607. The van der Waals surface area contributed by atoms with Crippen LogP contribution in [0.3, 0.4) is 0 Å². The third kappa shape index (κ3) is 1.93. The van der Waals surface area contributed by atoms with Gasteiger partial charge in [-0.25, -0.2) is 4.68 Å². The van der Waals surface area contributed by atoms with Gasteiger partial charge in [-0.15, -0.1) is 0 Å². The number of anilines is 1. The zero-order valence-electron chi connectivity index (χ0n) is 9.79. The van der Waals surface area contributed by atoms with Crippen molar-refractivity contribution in [1.29, 1.82) is 0 Å². The Balaban J connectivity index is 2.20. The molecule has 3 rings (SSSR count). The van der Waals surface area contributed by atoms with Gasteiger partial charge in [-0.3, -0.25) is 0 Å². The summed E-state index contributed by atoms with van der Waals surface area (Å²) in [5.74, 6) is 0.640. The highest BCUT2D eigenvalue weighted by atomic mass is 79.9. The van der Waals surface area contributed by atoms with Crippen molar-refractivity contribution in [2.24, 2.45) is 0 Å². The van der Waals surface area contributed by atoms with Gasteiger partial charge >= 0.3 is 0 Å². The van der Waals surface area contributed by atoms with Gasteiger partial charge in [0.2, 0.25) is 0 Å². The van der Waals surface area contributed by atoms with Crippen LogP contribution in [0.15, 0.2) is 22.7 Å². The number of benzene rings is 1. The second kappa shape index (κ2) is 4.59. The Morgan fingerprint density at radius 3 is 2.89 bits per heavy atom. The van der Waals surface area contributed by atoms with E-state index in [4.69, 9.17) is 17.3 Å². The van der Waals surface area contributed by atoms with Gasteiger partial charge in [0.1, 0.15) is 5.82 Å². The van der Waals surface area contributed by atoms with Crippen molar-refractivity contribution in [3.63, 3.8) is 0 Å². The first-order valence-electron chi connectivity index (χ1n) is 5.98. The summed E-state index contributed by atoms with van der Waals surface area (Å²) in [5.41, 5.74) is 9.29. The molecule has 1 aliphatic carbocycles. The van der Waals surface area contributed by atoms with Gasteiger partial charge < -0.3 is 5.73 Å². The normalized spacial score (nSPS) is 14.6. The van der Waals surface area contributed by atoms with Crippen molar-refractivity contribution in [3.05, 3.63) is 39.0 Å². The molecule has 0 atom stereocenters. The summed E-state index contributed by atoms with van der Waals surface area (Å²) < 4.78 is 2.89. The van der Waals surface area contributed by atoms with Crippen LogP contribution in [0, 0.1) is 0 Å². The highest BCUT2D eigenvalue weighted by Crippen LogP contribution is 2.31. The summed E-state index contributed by atoms with van der Waals surface area (Å²) in [6.07, 6.45) is 4.41. The molecule has 18 heavy (non-hydrogen) atoms. The van der Waals surface area contributed by atoms with Crippen molar-refractivity contribution in [2.75, 3.05) is 5.73 Å². The first-order valence-corrected chi connectivity index (χ1v) is 7.15. The Hall–Kier alpha value is -1.00. The van der Waals surface area contributed by atoms with Crippen LogP contribution in [-0.2, 0) is 12.8 Å². The zero-order chi connectivity index (χ0) is 12.7. The molecule has 1 aromatic heterocycles. The van der Waals surface area contributed by atoms with Crippen LogP contribution in [0.4, 0.5) is 5.82 Å². The highest BCUT2D eigenvalue weighted by Gasteiger charge is 2.21. The fraction of sp³-hybridized carbons (Fsp3) is 0.308. The van der Waals surface area contributed by atoms with E-state index in [1.165, 1.54) is 24.1 Å². The summed E-state index contributed by atoms with van der Waals surface area (Å²) in [5, 5.41) is 5.14. The summed E-state index contributed by atoms with van der Waals surface area (Å²) in [7, 11) is 0. The molecule has 1 heterocycles. The average molecular weight is 327 g/mol. The minimum Gasteiger partial charge on any atom is -0.382 e. The topological polar surface area (TPSA) is 43.8 Å². The largest absolute Gasteiger partial charge is 0.382 e. The quantitative estimate of drug-likeness (QED) is 0.867. The maximum Gasteiger partial charge on any atom is 0.149 e. The number of nitrogen functional groups attached to an aromatic ring is 1. The number of fused-ring (bicyclic) bond motifs is 1. The molecule has 0 bridgehead atoms. The molecule has 5 heteroatoms. The van der Waals surface area contributed by atoms with Crippen LogP contribution in [0.1, 0.15) is 24.1 Å². The van der Waals surface area contributed by atoms with E-state index in [-0.39, 0.29) is 0 Å². The molecule has 0 aliphatic heterocycles. The minimum atomic E-state index is 0.640. The van der Waals surface area contributed by atoms with Crippen molar-refractivity contribution in [2.45, 2.75) is 25.7 Å². The van der Waals surface area contributed by atoms with E-state index in [1.807, 2.05) is 22.9 Å². The molecule has 0 saturated carbocycles. The van der Waals surface area contributed by atoms with E-state index >= 15 is 0 Å². The smallest absolute Gasteiger partial charge is 0.149 e. The van der Waals surface area contributed by atoms with Gasteiger partial charge in [-0.2, -0.15) is 5.10 Å². The zero-order valence-corrected chi connectivity index (χ0v) is 12.1. The molecule has 0 radical (unpaired) electrons. The molecule has 0 amide bonds. The lowest BCUT2D eigenvalue weighted by Crippen LogP contribution is -2.08. The summed E-state index contributed by atoms with van der Waals surface area (Å²) in [6, 6.07) is 5.77. The summed E-state index contributed by atoms with van der Waals surface area (Å²) in [6.45, 7) is 0. The minimum absolute atomic E-state index is 0.640. The number of aromatic nitrogens is 2. The number of hydrogen-bond donors (Lipinski definition) is 1. The van der Waals surface area contributed by atoms with Crippen molar-refractivity contribution >= 4 is 33.3 Å². The van der Waals surface area contributed by atoms with E-state index in [1.54, 1.807) is 0 Å². The Kier molecular flexibility index (Phi) is 3.08. The van der Waals surface area contributed by atoms with E-state index in [2.05, 4.69) is 21.0 Å². The van der Waals surface area contributed by atoms with Crippen LogP contribution in [-0.4, -0.2) is 9.78 Å². The van der Waals surface area contributed by atoms with Crippen molar-refractivity contribution < 1.29 is 0 Å². The molecule has 2 N–H and O–H groups in total. The highest BCUT2D eigenvalue weighted by molar-refractivity contribution is 9.10. The third-order valence-electron chi connectivity index (χ3n) is 3.35. The number of halogens is 2. The molecule has 0 unspecified atom stereocenters. The van der Waals surface area contributed by atoms with Gasteiger partial charge in [-0.1, -0.05) is 27.5 Å². The van der Waals surface area contributed by atoms with Crippen molar-refractivity contribution in [3.8, 4) is 5.69 Å². The molecular formula is C13H13BrClN3. The first-order chi connectivity index (χ1) is 8.66. The summed E-state index contributed by atoms with van der Waals surface area (Å²) >= 11 is 9.73. The fourth-order valence-electron chi connectivity index (χ4n) is 2.47. The molecule has 0 spiro atoms. The lowest BCUT2D eigenvalue weighted by Gasteiger charge is -2.14. The van der Waals surface area contributed by atoms with Gasteiger partial charge in [0, 0.05) is 15.7 Å². The van der Waals surface area contributed by atoms with Crippen LogP contribution in [0.25, 0.3) is 5.69 Å². The summed E-state index contributed by atoms with van der Waals surface area (Å²) in [4.78, 5) is 0. The maximum atomic E-state index is 6.26. The predicted octanol–water partition coefficient (Wildman–Crippen LogP) is 3.75. The second-order valence-corrected chi connectivity index (χ2v) is 5.85. The first kappa shape index (κ1) is 12.1. The van der Waals surface area contributed by atoms with Crippen LogP contribution < -0.4 is 5.73 Å². The monoisotopic (exact) mass is 325 g/mol. The van der Waals surface area contributed by atoms with Gasteiger partial charge in [0.05, 0.1) is 10.7 Å². The van der Waals surface area contributed by atoms with Crippen molar-refractivity contribution in [1.82, 2.24) is 9.78 Å². The number of rotatable bonds is 1. The molecule has 94 valence electrons. The van der Waals surface area contributed by atoms with Gasteiger partial charge in [-0.05, 0) is 43.9 Å². The Morgan fingerprint density at radius 1 is 1.28 bits per heavy atom. The van der Waals surface area contributed by atoms with E-state index in [0.29, 0.717) is 10.8 Å². The fourth-order valence-corrected chi connectivity index (χ4v) is 3.02. The standard InChI is InChI=1S/C13H13BrClN3/c14-8-5-6-10(15)12(7-8)18-11-4-2-1-3-9(11)13(16)17-18/h5-7H,1-4H2,(H2,16,17). The van der Waals surface area contributed by atoms with Crippen LogP contribution in [0.2, 0.25) is 5.02 Å². The number of hydrogen-bond acceptors (Lipinski definition) is 2. The molecule has 1 aliphatic rings. The molecule has 3 nitrogen and oxygen atoms in total. The van der Waals surface area contributed by atoms with Crippen LogP contribution >= 0.6 is 27.5 Å². The number of nitrogens with two attached hydrogens (primary N) is 1. The molecule has 2 aromatic rings. The molecular weight excluding hydrogens is 314 g/mol. The third-order valence-corrected chi connectivity index (χ3v) is 4.16. The molecule has 0 saturated heterocycles. The van der Waals surface area contributed by atoms with E-state index < -0.39 is 0 Å². The van der Waals surface area contributed by atoms with Gasteiger partial charge in [0.15, 0.2) is 0 Å². The lowest BCUT2D eigenvalue weighted by atomic mass is 9.97. The van der Waals surface area contributed by atoms with Gasteiger partial charge in [0.25, 0.3) is 0 Å². The SMILES string of the molecule is Nc1nn(-c2cc(Br)ccc2Cl)c2c1CCCC2. The van der Waals surface area contributed by atoms with E-state index in [0.717, 1.165) is 23.0 Å². The molecule has 1 aromatic carbocycles. The maximum absolute atomic E-state index is 6.26. The average Bonchev–Trinajstić information content (AvgIpc) is 2.71. The Labute approximate surface area is 119 Å². The van der Waals surface area contributed by atoms with Crippen LogP contribution in [0.5, 0.6) is 0 Å². The Morgan fingerprint density at radius 2 is 2.06 bits per heavy atom.